The average molecular weight is 416 g/mol. The van der Waals surface area contributed by atoms with Crippen LogP contribution in [0.3, 0.4) is 0 Å². The van der Waals surface area contributed by atoms with Crippen LogP contribution in [0.2, 0.25) is 0 Å². The van der Waals surface area contributed by atoms with Crippen LogP contribution >= 0.6 is 0 Å². The topological polar surface area (TPSA) is 77.3 Å². The van der Waals surface area contributed by atoms with Gasteiger partial charge in [0.2, 0.25) is 0 Å². The van der Waals surface area contributed by atoms with E-state index in [1.807, 2.05) is 39.8 Å². The third-order valence-electron chi connectivity index (χ3n) is 6.45. The lowest BCUT2D eigenvalue weighted by Crippen LogP contribution is -2.51. The lowest BCUT2D eigenvalue weighted by atomic mass is 9.76. The van der Waals surface area contributed by atoms with E-state index in [0.29, 0.717) is 25.2 Å². The highest BCUT2D eigenvalue weighted by molar-refractivity contribution is 5.92. The summed E-state index contributed by atoms with van der Waals surface area (Å²) < 4.78 is 7.34. The molecular weight excluding hydrogens is 392 g/mol. The van der Waals surface area contributed by atoms with Crippen LogP contribution in [-0.2, 0) is 6.42 Å². The van der Waals surface area contributed by atoms with Crippen molar-refractivity contribution in [1.29, 1.82) is 0 Å². The second-order valence-electron chi connectivity index (χ2n) is 8.28. The molecular formula is C24H24N4O3. The fourth-order valence-corrected chi connectivity index (χ4v) is 5.08. The molecule has 1 fully saturated rings. The van der Waals surface area contributed by atoms with Gasteiger partial charge in [0.05, 0.1) is 13.3 Å². The van der Waals surface area contributed by atoms with Gasteiger partial charge in [0, 0.05) is 49.2 Å². The van der Waals surface area contributed by atoms with Crippen LogP contribution < -0.4 is 10.3 Å². The Morgan fingerprint density at radius 2 is 2.03 bits per heavy atom. The van der Waals surface area contributed by atoms with Crippen LogP contribution in [0.25, 0.3) is 0 Å². The minimum absolute atomic E-state index is 0.0220. The Morgan fingerprint density at radius 1 is 1.16 bits per heavy atom. The lowest BCUT2D eigenvalue weighted by Gasteiger charge is -2.47. The molecule has 0 aliphatic carbocycles. The van der Waals surface area contributed by atoms with Crippen LogP contribution in [0.15, 0.2) is 65.8 Å². The van der Waals surface area contributed by atoms with E-state index in [1.165, 1.54) is 6.20 Å². The Hall–Kier alpha value is -3.48. The molecule has 7 nitrogen and oxygen atoms in total. The van der Waals surface area contributed by atoms with Gasteiger partial charge in [0.1, 0.15) is 11.4 Å². The summed E-state index contributed by atoms with van der Waals surface area (Å²) in [6, 6.07) is 13.4. The summed E-state index contributed by atoms with van der Waals surface area (Å²) in [5.41, 5.74) is 2.50. The van der Waals surface area contributed by atoms with Gasteiger partial charge in [-0.1, -0.05) is 18.2 Å². The molecule has 0 unspecified atom stereocenters. The number of benzene rings is 1. The van der Waals surface area contributed by atoms with Crippen LogP contribution in [0.4, 0.5) is 0 Å². The van der Waals surface area contributed by atoms with Crippen LogP contribution in [-0.4, -0.2) is 45.5 Å². The van der Waals surface area contributed by atoms with Crippen LogP contribution in [0, 0.1) is 5.92 Å². The first-order valence-electron chi connectivity index (χ1n) is 10.5. The van der Waals surface area contributed by atoms with E-state index < -0.39 is 0 Å². The SMILES string of the molecule is COc1cccc(C[C@H]2[C@H]3C[C@H](CN(C(=O)c4cnccn4)C3)c3cccc(=O)n32)c1. The number of nitrogens with zero attached hydrogens (tertiary/aromatic N) is 4. The van der Waals surface area contributed by atoms with Crippen molar-refractivity contribution in [1.82, 2.24) is 19.4 Å². The summed E-state index contributed by atoms with van der Waals surface area (Å²) in [6.45, 7) is 1.18. The molecule has 0 radical (unpaired) electrons. The van der Waals surface area contributed by atoms with Gasteiger partial charge in [-0.3, -0.25) is 14.6 Å². The zero-order chi connectivity index (χ0) is 21.4. The highest BCUT2D eigenvalue weighted by Crippen LogP contribution is 2.42. The first-order valence-corrected chi connectivity index (χ1v) is 10.5. The maximum absolute atomic E-state index is 13.1. The van der Waals surface area contributed by atoms with Crippen molar-refractivity contribution in [3.05, 3.63) is 88.4 Å². The molecule has 31 heavy (non-hydrogen) atoms. The molecule has 2 aliphatic rings. The number of fused-ring (bicyclic) bond motifs is 4. The summed E-state index contributed by atoms with van der Waals surface area (Å²) in [4.78, 5) is 36.1. The number of rotatable bonds is 4. The summed E-state index contributed by atoms with van der Waals surface area (Å²) in [5.74, 6) is 1.01. The van der Waals surface area contributed by atoms with Crippen molar-refractivity contribution in [3.8, 4) is 5.75 Å². The number of piperidine rings is 1. The number of aromatic nitrogens is 3. The van der Waals surface area contributed by atoms with E-state index in [2.05, 4.69) is 16.0 Å². The number of pyridine rings is 1. The van der Waals surface area contributed by atoms with Crippen molar-refractivity contribution in [2.45, 2.75) is 24.8 Å². The summed E-state index contributed by atoms with van der Waals surface area (Å²) in [7, 11) is 1.65. The average Bonchev–Trinajstić information content (AvgIpc) is 2.82. The van der Waals surface area contributed by atoms with Gasteiger partial charge in [-0.05, 0) is 42.5 Å². The quantitative estimate of drug-likeness (QED) is 0.654. The van der Waals surface area contributed by atoms with Crippen molar-refractivity contribution in [3.63, 3.8) is 0 Å². The first-order chi connectivity index (χ1) is 15.1. The summed E-state index contributed by atoms with van der Waals surface area (Å²) in [6.07, 6.45) is 6.28. The van der Waals surface area contributed by atoms with Gasteiger partial charge in [-0.2, -0.15) is 0 Å². The van der Waals surface area contributed by atoms with Gasteiger partial charge in [0.25, 0.3) is 11.5 Å². The third-order valence-corrected chi connectivity index (χ3v) is 6.45. The van der Waals surface area contributed by atoms with Gasteiger partial charge in [0.15, 0.2) is 0 Å². The van der Waals surface area contributed by atoms with E-state index in [-0.39, 0.29) is 29.3 Å². The van der Waals surface area contributed by atoms with E-state index >= 15 is 0 Å². The smallest absolute Gasteiger partial charge is 0.274 e. The molecule has 1 aromatic carbocycles. The maximum atomic E-state index is 13.1. The van der Waals surface area contributed by atoms with Crippen molar-refractivity contribution >= 4 is 5.91 Å². The fraction of sp³-hybridized carbons (Fsp3) is 0.333. The second-order valence-corrected chi connectivity index (χ2v) is 8.28. The van der Waals surface area contributed by atoms with Gasteiger partial charge in [-0.15, -0.1) is 0 Å². The molecule has 4 heterocycles. The molecule has 2 aliphatic heterocycles. The zero-order valence-electron chi connectivity index (χ0n) is 17.3. The van der Waals surface area contributed by atoms with Crippen LogP contribution in [0.5, 0.6) is 5.75 Å². The molecule has 3 aromatic rings. The minimum atomic E-state index is -0.102. The molecule has 1 amide bonds. The summed E-state index contributed by atoms with van der Waals surface area (Å²) in [5, 5.41) is 0. The Labute approximate surface area is 180 Å². The van der Waals surface area contributed by atoms with Crippen molar-refractivity contribution < 1.29 is 9.53 Å². The molecule has 0 N–H and O–H groups in total. The molecule has 3 atom stereocenters. The van der Waals surface area contributed by atoms with Crippen molar-refractivity contribution in [2.24, 2.45) is 5.92 Å². The highest BCUT2D eigenvalue weighted by Gasteiger charge is 2.42. The molecule has 0 spiro atoms. The predicted octanol–water partition coefficient (Wildman–Crippen LogP) is 2.69. The lowest BCUT2D eigenvalue weighted by molar-refractivity contribution is 0.0523. The van der Waals surface area contributed by atoms with Crippen LogP contribution in [0.1, 0.15) is 40.1 Å². The minimum Gasteiger partial charge on any atom is -0.497 e. The van der Waals surface area contributed by atoms with E-state index in [4.69, 9.17) is 4.74 Å². The predicted molar refractivity (Wildman–Crippen MR) is 115 cm³/mol. The highest BCUT2D eigenvalue weighted by atomic mass is 16.5. The fourth-order valence-electron chi connectivity index (χ4n) is 5.08. The molecule has 158 valence electrons. The molecule has 2 bridgehead atoms. The van der Waals surface area contributed by atoms with Crippen molar-refractivity contribution in [2.75, 3.05) is 20.2 Å². The number of amides is 1. The van der Waals surface area contributed by atoms with E-state index in [0.717, 1.165) is 23.4 Å². The Balaban J connectivity index is 1.51. The number of carbonyl (C=O) groups is 1. The van der Waals surface area contributed by atoms with Gasteiger partial charge >= 0.3 is 0 Å². The number of hydrogen-bond acceptors (Lipinski definition) is 5. The summed E-state index contributed by atoms with van der Waals surface area (Å²) >= 11 is 0. The van der Waals surface area contributed by atoms with E-state index in [1.54, 1.807) is 25.6 Å². The van der Waals surface area contributed by atoms with Gasteiger partial charge in [-0.25, -0.2) is 4.98 Å². The molecule has 7 heteroatoms. The Kier molecular flexibility index (Phi) is 5.02. The first kappa shape index (κ1) is 19.5. The molecule has 0 saturated carbocycles. The third kappa shape index (κ3) is 3.60. The van der Waals surface area contributed by atoms with E-state index in [9.17, 15) is 9.59 Å². The second kappa shape index (κ2) is 7.98. The zero-order valence-corrected chi connectivity index (χ0v) is 17.3. The molecule has 2 aromatic heterocycles. The monoisotopic (exact) mass is 416 g/mol. The van der Waals surface area contributed by atoms with Gasteiger partial charge < -0.3 is 14.2 Å². The Bertz CT molecular complexity index is 1160. The molecule has 1 saturated heterocycles. The molecule has 5 rings (SSSR count). The normalized spacial score (nSPS) is 22.0. The largest absolute Gasteiger partial charge is 0.497 e. The number of carbonyl (C=O) groups excluding carboxylic acids is 1. The number of likely N-dealkylation sites (tertiary alicyclic amines) is 1. The Morgan fingerprint density at radius 3 is 2.84 bits per heavy atom. The standard InChI is InChI=1S/C24H24N4O3/c1-31-19-5-2-4-16(10-19)11-22-18-12-17(21-6-3-7-23(29)28(21)22)14-27(15-18)24(30)20-13-25-8-9-26-20/h2-10,13,17-18,22H,11-12,14-15H2,1H3/t17-,18+,22+/m1/s1. The number of hydrogen-bond donors (Lipinski definition) is 0. The number of ether oxygens (including phenoxy) is 1. The maximum Gasteiger partial charge on any atom is 0.274 e. The number of methoxy groups -OCH3 is 1.